The van der Waals surface area contributed by atoms with Crippen LogP contribution in [0.4, 0.5) is 5.69 Å². The molecule has 3 nitrogen and oxygen atoms in total. The minimum absolute atomic E-state index is 0.0308. The largest absolute Gasteiger partial charge is 0.312 e. The Balaban J connectivity index is 1.85. The first kappa shape index (κ1) is 16.2. The fraction of sp³-hybridized carbons (Fsp3) is 0.600. The van der Waals surface area contributed by atoms with Crippen molar-refractivity contribution in [1.82, 2.24) is 0 Å². The minimum atomic E-state index is -0.754. The number of benzene rings is 1. The van der Waals surface area contributed by atoms with Gasteiger partial charge in [-0.1, -0.05) is 39.0 Å². The van der Waals surface area contributed by atoms with Gasteiger partial charge in [0.25, 0.3) is 0 Å². The highest BCUT2D eigenvalue weighted by atomic mass is 16.2. The second-order valence-corrected chi connectivity index (χ2v) is 8.19. The van der Waals surface area contributed by atoms with Gasteiger partial charge in [0.1, 0.15) is 11.2 Å². The normalized spacial score (nSPS) is 29.2. The predicted molar refractivity (Wildman–Crippen MR) is 92.3 cm³/mol. The lowest BCUT2D eigenvalue weighted by molar-refractivity contribution is -0.138. The van der Waals surface area contributed by atoms with E-state index in [1.54, 1.807) is 0 Å². The van der Waals surface area contributed by atoms with E-state index >= 15 is 0 Å². The van der Waals surface area contributed by atoms with Gasteiger partial charge in [0.15, 0.2) is 0 Å². The minimum Gasteiger partial charge on any atom is -0.312 e. The standard InChI is InChI=1S/C20H27NO2/c1-19(2,3)15-9-10-17(22)20(12-11-15)13-14-21(18(20)23)16-7-5-4-6-8-16/h4-8,15H,9-14H2,1-3H3/t15-,20-/m1/s1. The summed E-state index contributed by atoms with van der Waals surface area (Å²) >= 11 is 0. The maximum atomic E-state index is 13.1. The van der Waals surface area contributed by atoms with Crippen LogP contribution < -0.4 is 4.90 Å². The molecule has 1 aliphatic carbocycles. The summed E-state index contributed by atoms with van der Waals surface area (Å²) in [5, 5.41) is 0. The van der Waals surface area contributed by atoms with E-state index in [-0.39, 0.29) is 17.1 Å². The number of hydrogen-bond acceptors (Lipinski definition) is 2. The Morgan fingerprint density at radius 3 is 2.39 bits per heavy atom. The summed E-state index contributed by atoms with van der Waals surface area (Å²) in [6.07, 6.45) is 3.84. The molecule has 1 saturated carbocycles. The zero-order valence-electron chi connectivity index (χ0n) is 14.5. The molecule has 2 fully saturated rings. The molecule has 3 heteroatoms. The van der Waals surface area contributed by atoms with Crippen molar-refractivity contribution in [2.75, 3.05) is 11.4 Å². The Labute approximate surface area is 139 Å². The van der Waals surface area contributed by atoms with Gasteiger partial charge in [0.2, 0.25) is 5.91 Å². The van der Waals surface area contributed by atoms with Crippen LogP contribution in [-0.4, -0.2) is 18.2 Å². The molecular weight excluding hydrogens is 286 g/mol. The van der Waals surface area contributed by atoms with Crippen molar-refractivity contribution in [1.29, 1.82) is 0 Å². The number of carbonyl (C=O) groups is 2. The van der Waals surface area contributed by atoms with E-state index in [1.807, 2.05) is 35.2 Å². The van der Waals surface area contributed by atoms with E-state index in [2.05, 4.69) is 20.8 Å². The molecule has 23 heavy (non-hydrogen) atoms. The second kappa shape index (κ2) is 5.77. The number of para-hydroxylation sites is 1. The summed E-state index contributed by atoms with van der Waals surface area (Å²) < 4.78 is 0. The van der Waals surface area contributed by atoms with Gasteiger partial charge in [-0.2, -0.15) is 0 Å². The maximum absolute atomic E-state index is 13.1. The molecule has 0 bridgehead atoms. The summed E-state index contributed by atoms with van der Waals surface area (Å²) in [6.45, 7) is 7.39. The maximum Gasteiger partial charge on any atom is 0.240 e. The molecular formula is C20H27NO2. The van der Waals surface area contributed by atoms with Crippen molar-refractivity contribution < 1.29 is 9.59 Å². The zero-order valence-corrected chi connectivity index (χ0v) is 14.5. The van der Waals surface area contributed by atoms with Gasteiger partial charge in [-0.05, 0) is 49.1 Å². The van der Waals surface area contributed by atoms with Gasteiger partial charge in [-0.3, -0.25) is 9.59 Å². The third kappa shape index (κ3) is 2.82. The zero-order chi connectivity index (χ0) is 16.7. The molecule has 0 aromatic heterocycles. The van der Waals surface area contributed by atoms with Crippen molar-refractivity contribution in [3.8, 4) is 0 Å². The van der Waals surface area contributed by atoms with Crippen molar-refractivity contribution in [3.05, 3.63) is 30.3 Å². The molecule has 1 spiro atoms. The van der Waals surface area contributed by atoms with E-state index in [0.717, 1.165) is 24.9 Å². The lowest BCUT2D eigenvalue weighted by atomic mass is 9.74. The number of ketones is 1. The van der Waals surface area contributed by atoms with Gasteiger partial charge in [0, 0.05) is 18.7 Å². The molecule has 0 unspecified atom stereocenters. The topological polar surface area (TPSA) is 37.4 Å². The summed E-state index contributed by atoms with van der Waals surface area (Å²) in [4.78, 5) is 27.8. The van der Waals surface area contributed by atoms with Crippen LogP contribution in [0.25, 0.3) is 0 Å². The number of hydrogen-bond donors (Lipinski definition) is 0. The van der Waals surface area contributed by atoms with E-state index in [0.29, 0.717) is 25.3 Å². The quantitative estimate of drug-likeness (QED) is 0.728. The first-order valence-corrected chi connectivity index (χ1v) is 8.75. The monoisotopic (exact) mass is 313 g/mol. The average Bonchev–Trinajstić information content (AvgIpc) is 2.73. The number of anilines is 1. The molecule has 2 aliphatic rings. The van der Waals surface area contributed by atoms with E-state index in [1.165, 1.54) is 0 Å². The molecule has 1 amide bonds. The van der Waals surface area contributed by atoms with Gasteiger partial charge in [0.05, 0.1) is 0 Å². The smallest absolute Gasteiger partial charge is 0.240 e. The summed E-state index contributed by atoms with van der Waals surface area (Å²) in [7, 11) is 0. The highest BCUT2D eigenvalue weighted by molar-refractivity contribution is 6.14. The number of Topliss-reactive ketones (excluding diaryl/α,β-unsaturated/α-hetero) is 1. The molecule has 2 atom stereocenters. The van der Waals surface area contributed by atoms with Crippen molar-refractivity contribution in [3.63, 3.8) is 0 Å². The van der Waals surface area contributed by atoms with Crippen LogP contribution in [0.5, 0.6) is 0 Å². The molecule has 1 heterocycles. The van der Waals surface area contributed by atoms with Crippen LogP contribution in [0, 0.1) is 16.7 Å². The lowest BCUT2D eigenvalue weighted by Gasteiger charge is -2.30. The van der Waals surface area contributed by atoms with Crippen LogP contribution in [0.2, 0.25) is 0 Å². The Hall–Kier alpha value is -1.64. The number of nitrogens with zero attached hydrogens (tertiary/aromatic N) is 1. The Kier molecular flexibility index (Phi) is 4.07. The summed E-state index contributed by atoms with van der Waals surface area (Å²) in [6, 6.07) is 9.74. The van der Waals surface area contributed by atoms with E-state index in [4.69, 9.17) is 0 Å². The Bertz CT molecular complexity index is 602. The molecule has 1 saturated heterocycles. The number of rotatable bonds is 1. The van der Waals surface area contributed by atoms with Crippen molar-refractivity contribution in [2.45, 2.75) is 52.9 Å². The third-order valence-electron chi connectivity index (χ3n) is 5.88. The number of amides is 1. The fourth-order valence-corrected chi connectivity index (χ4v) is 4.23. The van der Waals surface area contributed by atoms with Crippen LogP contribution in [0.1, 0.15) is 52.9 Å². The highest BCUT2D eigenvalue weighted by Crippen LogP contribution is 2.47. The van der Waals surface area contributed by atoms with Gasteiger partial charge in [-0.15, -0.1) is 0 Å². The first-order chi connectivity index (χ1) is 10.8. The van der Waals surface area contributed by atoms with Gasteiger partial charge < -0.3 is 4.90 Å². The summed E-state index contributed by atoms with van der Waals surface area (Å²) in [5.41, 5.74) is 0.362. The predicted octanol–water partition coefficient (Wildman–Crippen LogP) is 4.22. The van der Waals surface area contributed by atoms with Crippen LogP contribution in [0.3, 0.4) is 0 Å². The highest BCUT2D eigenvalue weighted by Gasteiger charge is 2.53. The van der Waals surface area contributed by atoms with E-state index < -0.39 is 5.41 Å². The van der Waals surface area contributed by atoms with Crippen LogP contribution in [0.15, 0.2) is 30.3 Å². The third-order valence-corrected chi connectivity index (χ3v) is 5.88. The SMILES string of the molecule is CC(C)(C)[C@@H]1CCC(=O)[C@@]2(CC1)CCN(c1ccccc1)C2=O. The Morgan fingerprint density at radius 2 is 1.74 bits per heavy atom. The molecule has 0 N–H and O–H groups in total. The average molecular weight is 313 g/mol. The molecule has 1 aromatic rings. The second-order valence-electron chi connectivity index (χ2n) is 8.19. The van der Waals surface area contributed by atoms with Crippen LogP contribution in [-0.2, 0) is 9.59 Å². The molecule has 3 rings (SSSR count). The van der Waals surface area contributed by atoms with Crippen molar-refractivity contribution in [2.24, 2.45) is 16.7 Å². The molecule has 0 radical (unpaired) electrons. The molecule has 1 aromatic carbocycles. The Morgan fingerprint density at radius 1 is 1.04 bits per heavy atom. The molecule has 1 aliphatic heterocycles. The fourth-order valence-electron chi connectivity index (χ4n) is 4.23. The number of carbonyl (C=O) groups excluding carboxylic acids is 2. The van der Waals surface area contributed by atoms with Gasteiger partial charge in [-0.25, -0.2) is 0 Å². The molecule has 124 valence electrons. The van der Waals surface area contributed by atoms with Crippen LogP contribution >= 0.6 is 0 Å². The van der Waals surface area contributed by atoms with Gasteiger partial charge >= 0.3 is 0 Å². The summed E-state index contributed by atoms with van der Waals surface area (Å²) in [5.74, 6) is 0.723. The van der Waals surface area contributed by atoms with E-state index in [9.17, 15) is 9.59 Å². The first-order valence-electron chi connectivity index (χ1n) is 8.75. The lowest BCUT2D eigenvalue weighted by Crippen LogP contribution is -2.40. The van der Waals surface area contributed by atoms with Crippen molar-refractivity contribution >= 4 is 17.4 Å².